The number of carbonyl (C=O) groups excluding carboxylic acids is 1. The minimum Gasteiger partial charge on any atom is -0.475 e. The highest BCUT2D eigenvalue weighted by molar-refractivity contribution is 6.10. The first-order chi connectivity index (χ1) is 15.0. The van der Waals surface area contributed by atoms with Crippen molar-refractivity contribution in [3.05, 3.63) is 95.6 Å². The van der Waals surface area contributed by atoms with Crippen LogP contribution >= 0.6 is 0 Å². The van der Waals surface area contributed by atoms with Crippen LogP contribution in [0, 0.1) is 11.3 Å². The molecule has 0 saturated carbocycles. The molecule has 0 aliphatic carbocycles. The van der Waals surface area contributed by atoms with Crippen molar-refractivity contribution in [1.82, 2.24) is 4.57 Å². The van der Waals surface area contributed by atoms with Crippen LogP contribution in [0.15, 0.2) is 82.9 Å². The Morgan fingerprint density at radius 3 is 2.52 bits per heavy atom. The quantitative estimate of drug-likeness (QED) is 0.358. The molecule has 7 heteroatoms. The fourth-order valence-corrected chi connectivity index (χ4v) is 3.29. The van der Waals surface area contributed by atoms with Crippen LogP contribution in [0.5, 0.6) is 0 Å². The zero-order valence-corrected chi connectivity index (χ0v) is 16.3. The lowest BCUT2D eigenvalue weighted by Gasteiger charge is -2.03. The summed E-state index contributed by atoms with van der Waals surface area (Å²) >= 11 is 0. The van der Waals surface area contributed by atoms with E-state index in [0.717, 1.165) is 10.9 Å². The molecular formula is C24H17N3O4. The number of hydrogen-bond donors (Lipinski definition) is 2. The van der Waals surface area contributed by atoms with E-state index in [4.69, 9.17) is 9.52 Å². The van der Waals surface area contributed by atoms with Crippen molar-refractivity contribution in [2.45, 2.75) is 6.54 Å². The monoisotopic (exact) mass is 411 g/mol. The number of rotatable bonds is 6. The topological polar surface area (TPSA) is 108 Å². The van der Waals surface area contributed by atoms with E-state index in [-0.39, 0.29) is 11.3 Å². The van der Waals surface area contributed by atoms with E-state index in [1.54, 1.807) is 42.6 Å². The number of aromatic nitrogens is 1. The predicted molar refractivity (Wildman–Crippen MR) is 115 cm³/mol. The largest absolute Gasteiger partial charge is 0.475 e. The van der Waals surface area contributed by atoms with Gasteiger partial charge in [-0.05, 0) is 36.4 Å². The molecule has 31 heavy (non-hydrogen) atoms. The van der Waals surface area contributed by atoms with Gasteiger partial charge in [-0.15, -0.1) is 0 Å². The highest BCUT2D eigenvalue weighted by atomic mass is 16.4. The highest BCUT2D eigenvalue weighted by Crippen LogP contribution is 2.25. The maximum absolute atomic E-state index is 12.6. The van der Waals surface area contributed by atoms with Crippen LogP contribution in [0.2, 0.25) is 0 Å². The van der Waals surface area contributed by atoms with Gasteiger partial charge in [-0.1, -0.05) is 36.4 Å². The normalized spacial score (nSPS) is 11.3. The first-order valence-electron chi connectivity index (χ1n) is 9.43. The van der Waals surface area contributed by atoms with Crippen molar-refractivity contribution in [3.63, 3.8) is 0 Å². The summed E-state index contributed by atoms with van der Waals surface area (Å²) in [6.45, 7) is 0.305. The second-order valence-electron chi connectivity index (χ2n) is 6.79. The second-order valence-corrected chi connectivity index (χ2v) is 6.79. The van der Waals surface area contributed by atoms with Gasteiger partial charge in [0.25, 0.3) is 5.91 Å². The molecule has 2 aromatic carbocycles. The fraction of sp³-hybridized carbons (Fsp3) is 0.0417. The molecule has 152 valence electrons. The Morgan fingerprint density at radius 2 is 1.81 bits per heavy atom. The van der Waals surface area contributed by atoms with Gasteiger partial charge in [0.15, 0.2) is 0 Å². The molecule has 2 aromatic heterocycles. The van der Waals surface area contributed by atoms with Crippen molar-refractivity contribution >= 4 is 34.5 Å². The first kappa shape index (κ1) is 19.7. The molecule has 0 fully saturated rings. The van der Waals surface area contributed by atoms with E-state index in [1.807, 2.05) is 41.0 Å². The van der Waals surface area contributed by atoms with Gasteiger partial charge in [-0.25, -0.2) is 4.79 Å². The van der Waals surface area contributed by atoms with E-state index in [0.29, 0.717) is 23.6 Å². The van der Waals surface area contributed by atoms with Crippen LogP contribution in [0.25, 0.3) is 17.0 Å². The van der Waals surface area contributed by atoms with E-state index >= 15 is 0 Å². The molecule has 0 atom stereocenters. The number of hydrogen-bond acceptors (Lipinski definition) is 4. The van der Waals surface area contributed by atoms with Crippen LogP contribution in [0.3, 0.4) is 0 Å². The van der Waals surface area contributed by atoms with E-state index in [1.165, 1.54) is 6.07 Å². The van der Waals surface area contributed by atoms with Crippen molar-refractivity contribution in [2.24, 2.45) is 0 Å². The lowest BCUT2D eigenvalue weighted by atomic mass is 10.1. The lowest BCUT2D eigenvalue weighted by Crippen LogP contribution is -2.13. The van der Waals surface area contributed by atoms with Gasteiger partial charge >= 0.3 is 5.97 Å². The van der Waals surface area contributed by atoms with Crippen molar-refractivity contribution in [3.8, 4) is 6.07 Å². The Hall–Kier alpha value is -4.57. The number of fused-ring (bicyclic) bond motifs is 1. The van der Waals surface area contributed by atoms with Crippen LogP contribution < -0.4 is 5.32 Å². The summed E-state index contributed by atoms with van der Waals surface area (Å²) in [5.74, 6) is -1.27. The molecule has 4 aromatic rings. The zero-order chi connectivity index (χ0) is 21.8. The van der Waals surface area contributed by atoms with Crippen LogP contribution in [-0.2, 0) is 11.3 Å². The van der Waals surface area contributed by atoms with E-state index < -0.39 is 11.9 Å². The minimum absolute atomic E-state index is 0.0297. The number of nitrogens with zero attached hydrogens (tertiary/aromatic N) is 2. The average molecular weight is 411 g/mol. The molecule has 0 aliphatic heterocycles. The smallest absolute Gasteiger partial charge is 0.371 e. The Bertz CT molecular complexity index is 1340. The maximum atomic E-state index is 12.6. The second kappa shape index (κ2) is 8.43. The molecular weight excluding hydrogens is 394 g/mol. The molecule has 1 amide bonds. The summed E-state index contributed by atoms with van der Waals surface area (Å²) in [5, 5.41) is 22.2. The minimum atomic E-state index is -1.13. The molecule has 0 bridgehead atoms. The van der Waals surface area contributed by atoms with Crippen LogP contribution in [0.1, 0.15) is 21.9 Å². The lowest BCUT2D eigenvalue weighted by molar-refractivity contribution is -0.112. The number of carboxylic acid groups (broad SMARTS) is 1. The number of benzene rings is 2. The van der Waals surface area contributed by atoms with Gasteiger partial charge in [0.1, 0.15) is 17.4 Å². The fourth-order valence-electron chi connectivity index (χ4n) is 3.29. The molecule has 0 aliphatic rings. The molecule has 0 radical (unpaired) electrons. The number of carboxylic acids is 1. The summed E-state index contributed by atoms with van der Waals surface area (Å²) in [5.41, 5.74) is 2.13. The third-order valence-electron chi connectivity index (χ3n) is 4.71. The van der Waals surface area contributed by atoms with Crippen molar-refractivity contribution in [2.75, 3.05) is 5.32 Å². The summed E-state index contributed by atoms with van der Waals surface area (Å²) in [6, 6.07) is 21.5. The number of amides is 1. The van der Waals surface area contributed by atoms with Crippen LogP contribution in [0.4, 0.5) is 5.69 Å². The summed E-state index contributed by atoms with van der Waals surface area (Å²) in [7, 11) is 0. The number of para-hydroxylation sites is 2. The molecule has 0 spiro atoms. The summed E-state index contributed by atoms with van der Waals surface area (Å²) in [6.07, 6.45) is 3.35. The molecule has 0 saturated heterocycles. The molecule has 2 heterocycles. The van der Waals surface area contributed by atoms with Crippen LogP contribution in [-0.4, -0.2) is 21.6 Å². The van der Waals surface area contributed by atoms with E-state index in [2.05, 4.69) is 5.32 Å². The molecule has 4 rings (SSSR count). The number of furan rings is 1. The van der Waals surface area contributed by atoms with Gasteiger partial charge in [0.2, 0.25) is 5.76 Å². The third kappa shape index (κ3) is 4.23. The Labute approximate surface area is 177 Å². The van der Waals surface area contributed by atoms with Gasteiger partial charge < -0.3 is 19.4 Å². The standard InChI is InChI=1S/C24H17N3O4/c25-13-16(23(28)26-18-6-2-1-3-7-18)12-17-14-27(21-9-5-4-8-20(17)21)15-19-10-11-22(31-19)24(29)30/h1-12,14H,15H2,(H,26,28)(H,29,30)/b16-12-. The molecule has 7 nitrogen and oxygen atoms in total. The molecule has 0 unspecified atom stereocenters. The van der Waals surface area contributed by atoms with E-state index in [9.17, 15) is 14.9 Å². The average Bonchev–Trinajstić information content (AvgIpc) is 3.38. The number of nitrogens with one attached hydrogen (secondary N) is 1. The number of anilines is 1. The summed E-state index contributed by atoms with van der Waals surface area (Å²) < 4.78 is 7.25. The first-order valence-corrected chi connectivity index (χ1v) is 9.43. The van der Waals surface area contributed by atoms with Gasteiger partial charge in [0.05, 0.1) is 6.54 Å². The third-order valence-corrected chi connectivity index (χ3v) is 4.71. The number of nitriles is 1. The Morgan fingerprint density at radius 1 is 1.06 bits per heavy atom. The zero-order valence-electron chi connectivity index (χ0n) is 16.3. The number of carbonyl (C=O) groups is 2. The predicted octanol–water partition coefficient (Wildman–Crippen LogP) is 4.53. The molecule has 2 N–H and O–H groups in total. The van der Waals surface area contributed by atoms with Gasteiger partial charge in [-0.3, -0.25) is 4.79 Å². The maximum Gasteiger partial charge on any atom is 0.371 e. The summed E-state index contributed by atoms with van der Waals surface area (Å²) in [4.78, 5) is 23.6. The van der Waals surface area contributed by atoms with Crippen molar-refractivity contribution < 1.29 is 19.1 Å². The van der Waals surface area contributed by atoms with Gasteiger partial charge in [0, 0.05) is 28.4 Å². The van der Waals surface area contributed by atoms with Crippen molar-refractivity contribution in [1.29, 1.82) is 5.26 Å². The Kier molecular flexibility index (Phi) is 5.37. The SMILES string of the molecule is N#C/C(=C/c1cn(Cc2ccc(C(=O)O)o2)c2ccccc12)C(=O)Nc1ccccc1. The highest BCUT2D eigenvalue weighted by Gasteiger charge is 2.14. The number of aromatic carboxylic acids is 1. The van der Waals surface area contributed by atoms with Gasteiger partial charge in [-0.2, -0.15) is 5.26 Å². The Balaban J connectivity index is 1.67.